The molecule has 1 aliphatic rings. The van der Waals surface area contributed by atoms with Crippen LogP contribution in [0.25, 0.3) is 0 Å². The van der Waals surface area contributed by atoms with Crippen LogP contribution >= 0.6 is 0 Å². The van der Waals surface area contributed by atoms with Gasteiger partial charge in [-0.3, -0.25) is 0 Å². The van der Waals surface area contributed by atoms with E-state index in [0.717, 1.165) is 12.8 Å². The summed E-state index contributed by atoms with van der Waals surface area (Å²) < 4.78 is 0. The Morgan fingerprint density at radius 2 is 2.22 bits per heavy atom. The van der Waals surface area contributed by atoms with Gasteiger partial charge in [0.2, 0.25) is 0 Å². The zero-order chi connectivity index (χ0) is 6.85. The van der Waals surface area contributed by atoms with Crippen molar-refractivity contribution in [2.45, 2.75) is 32.3 Å². The van der Waals surface area contributed by atoms with Gasteiger partial charge in [-0.05, 0) is 12.8 Å². The van der Waals surface area contributed by atoms with Crippen LogP contribution in [-0.4, -0.2) is 11.9 Å². The van der Waals surface area contributed by atoms with Crippen LogP contribution < -0.4 is 5.11 Å². The second kappa shape index (κ2) is 2.48. The third-order valence-electron chi connectivity index (χ3n) is 1.77. The smallest absolute Gasteiger partial charge is 0.130 e. The minimum absolute atomic E-state index is 0.215. The molecule has 0 saturated heterocycles. The van der Waals surface area contributed by atoms with E-state index in [4.69, 9.17) is 0 Å². The van der Waals surface area contributed by atoms with Gasteiger partial charge in [0.25, 0.3) is 0 Å². The zero-order valence-electron chi connectivity index (χ0n) is 5.59. The van der Waals surface area contributed by atoms with E-state index in [1.165, 1.54) is 0 Å². The molecule has 0 aromatic carbocycles. The van der Waals surface area contributed by atoms with E-state index in [1.807, 2.05) is 0 Å². The topological polar surface area (TPSA) is 40.1 Å². The van der Waals surface area contributed by atoms with E-state index in [-0.39, 0.29) is 11.9 Å². The molecule has 0 bridgehead atoms. The lowest BCUT2D eigenvalue weighted by Gasteiger charge is -2.39. The summed E-state index contributed by atoms with van der Waals surface area (Å²) >= 11 is 0. The summed E-state index contributed by atoms with van der Waals surface area (Å²) in [6, 6.07) is 0. The molecule has 0 spiro atoms. The van der Waals surface area contributed by atoms with Gasteiger partial charge < -0.3 is 9.90 Å². The second-order valence-corrected chi connectivity index (χ2v) is 2.87. The van der Waals surface area contributed by atoms with Crippen molar-refractivity contribution in [3.63, 3.8) is 0 Å². The Morgan fingerprint density at radius 1 is 1.67 bits per heavy atom. The molecule has 0 aliphatic heterocycles. The van der Waals surface area contributed by atoms with Gasteiger partial charge in [0.05, 0.1) is 0 Å². The highest BCUT2D eigenvalue weighted by Crippen LogP contribution is 2.28. The van der Waals surface area contributed by atoms with E-state index in [9.17, 15) is 9.90 Å². The van der Waals surface area contributed by atoms with Crippen molar-refractivity contribution in [1.29, 1.82) is 0 Å². The highest BCUT2D eigenvalue weighted by atomic mass is 16.3. The predicted octanol–water partition coefficient (Wildman–Crippen LogP) is 0.104. The van der Waals surface area contributed by atoms with Gasteiger partial charge >= 0.3 is 0 Å². The average Bonchev–Trinajstić information content (AvgIpc) is 1.60. The van der Waals surface area contributed by atoms with Crippen molar-refractivity contribution < 1.29 is 9.90 Å². The summed E-state index contributed by atoms with van der Waals surface area (Å²) in [5.74, 6) is 0.636. The number of hydrogen-bond donors (Lipinski definition) is 0. The Hall–Kier alpha value is -0.370. The third kappa shape index (κ3) is 1.79. The molecule has 0 N–H and O–H groups in total. The van der Waals surface area contributed by atoms with Gasteiger partial charge in [0.15, 0.2) is 0 Å². The van der Waals surface area contributed by atoms with Gasteiger partial charge in [0.1, 0.15) is 5.78 Å². The maximum Gasteiger partial charge on any atom is 0.130 e. The SMILES string of the molecule is CC(=O)CC1CC([O-])C1. The van der Waals surface area contributed by atoms with Crippen molar-refractivity contribution in [3.05, 3.63) is 0 Å². The largest absolute Gasteiger partial charge is 0.852 e. The predicted molar refractivity (Wildman–Crippen MR) is 31.8 cm³/mol. The number of carbonyl (C=O) groups is 1. The van der Waals surface area contributed by atoms with E-state index in [2.05, 4.69) is 0 Å². The maximum atomic E-state index is 10.5. The summed E-state index contributed by atoms with van der Waals surface area (Å²) in [6.07, 6.45) is 1.70. The summed E-state index contributed by atoms with van der Waals surface area (Å²) in [7, 11) is 0. The Kier molecular flexibility index (Phi) is 1.86. The first-order chi connectivity index (χ1) is 4.18. The van der Waals surface area contributed by atoms with E-state index in [0.29, 0.717) is 12.3 Å². The first-order valence-electron chi connectivity index (χ1n) is 3.33. The molecule has 1 rings (SSSR count). The normalized spacial score (nSPS) is 33.6. The Labute approximate surface area is 54.9 Å². The van der Waals surface area contributed by atoms with Crippen LogP contribution in [0, 0.1) is 5.92 Å². The minimum Gasteiger partial charge on any atom is -0.852 e. The molecule has 2 heteroatoms. The lowest BCUT2D eigenvalue weighted by atomic mass is 9.79. The van der Waals surface area contributed by atoms with Gasteiger partial charge in [-0.25, -0.2) is 0 Å². The lowest BCUT2D eigenvalue weighted by molar-refractivity contribution is -0.445. The molecule has 0 aromatic heterocycles. The van der Waals surface area contributed by atoms with Gasteiger partial charge in [0, 0.05) is 6.42 Å². The van der Waals surface area contributed by atoms with Gasteiger partial charge in [-0.15, -0.1) is 6.10 Å². The average molecular weight is 127 g/mol. The molecule has 2 nitrogen and oxygen atoms in total. The molecular weight excluding hydrogens is 116 g/mol. The van der Waals surface area contributed by atoms with Gasteiger partial charge in [-0.1, -0.05) is 12.8 Å². The molecule has 0 heterocycles. The molecule has 0 radical (unpaired) electrons. The molecule has 9 heavy (non-hydrogen) atoms. The van der Waals surface area contributed by atoms with E-state index >= 15 is 0 Å². The first kappa shape index (κ1) is 6.75. The number of Topliss-reactive ketones (excluding diaryl/α,β-unsaturated/α-hetero) is 1. The Bertz CT molecular complexity index is 114. The van der Waals surface area contributed by atoms with Crippen LogP contribution in [0.4, 0.5) is 0 Å². The number of hydrogen-bond acceptors (Lipinski definition) is 2. The van der Waals surface area contributed by atoms with Crippen LogP contribution in [0.5, 0.6) is 0 Å². The lowest BCUT2D eigenvalue weighted by Crippen LogP contribution is -2.40. The van der Waals surface area contributed by atoms with Crippen molar-refractivity contribution in [2.75, 3.05) is 0 Å². The number of ketones is 1. The molecule has 0 aromatic rings. The molecule has 1 saturated carbocycles. The van der Waals surface area contributed by atoms with Crippen molar-refractivity contribution in [1.82, 2.24) is 0 Å². The molecular formula is C7H11O2-. The number of carbonyl (C=O) groups excluding carboxylic acids is 1. The molecule has 1 aliphatic carbocycles. The highest BCUT2D eigenvalue weighted by molar-refractivity contribution is 5.75. The molecule has 0 amide bonds. The van der Waals surface area contributed by atoms with Crippen LogP contribution in [0.1, 0.15) is 26.2 Å². The fraction of sp³-hybridized carbons (Fsp3) is 0.857. The molecule has 0 unspecified atom stereocenters. The van der Waals surface area contributed by atoms with Crippen LogP contribution in [0.3, 0.4) is 0 Å². The highest BCUT2D eigenvalue weighted by Gasteiger charge is 2.21. The molecule has 52 valence electrons. The van der Waals surface area contributed by atoms with Crippen molar-refractivity contribution in [2.24, 2.45) is 5.92 Å². The first-order valence-corrected chi connectivity index (χ1v) is 3.33. The third-order valence-corrected chi connectivity index (χ3v) is 1.77. The summed E-state index contributed by atoms with van der Waals surface area (Å²) in [6.45, 7) is 1.58. The standard InChI is InChI=1S/C7H11O2/c1-5(8)2-6-3-7(9)4-6/h6-7H,2-4H2,1H3/q-1. The van der Waals surface area contributed by atoms with E-state index in [1.54, 1.807) is 6.92 Å². The van der Waals surface area contributed by atoms with Crippen LogP contribution in [-0.2, 0) is 4.79 Å². The van der Waals surface area contributed by atoms with E-state index < -0.39 is 0 Å². The number of rotatable bonds is 2. The minimum atomic E-state index is -0.366. The van der Waals surface area contributed by atoms with Gasteiger partial charge in [-0.2, -0.15) is 0 Å². The summed E-state index contributed by atoms with van der Waals surface area (Å²) in [4.78, 5) is 10.5. The quantitative estimate of drug-likeness (QED) is 0.528. The monoisotopic (exact) mass is 127 g/mol. The fourth-order valence-electron chi connectivity index (χ4n) is 1.25. The van der Waals surface area contributed by atoms with Crippen LogP contribution in [0.15, 0.2) is 0 Å². The second-order valence-electron chi connectivity index (χ2n) is 2.87. The maximum absolute atomic E-state index is 10.5. The fourth-order valence-corrected chi connectivity index (χ4v) is 1.25. The van der Waals surface area contributed by atoms with Crippen LogP contribution in [0.2, 0.25) is 0 Å². The van der Waals surface area contributed by atoms with Crippen molar-refractivity contribution >= 4 is 5.78 Å². The summed E-state index contributed by atoms with van der Waals surface area (Å²) in [5, 5.41) is 10.5. The molecule has 1 fully saturated rings. The Morgan fingerprint density at radius 3 is 2.56 bits per heavy atom. The van der Waals surface area contributed by atoms with Crippen molar-refractivity contribution in [3.8, 4) is 0 Å². The Balaban J connectivity index is 2.11. The summed E-state index contributed by atoms with van der Waals surface area (Å²) in [5.41, 5.74) is 0. The zero-order valence-corrected chi connectivity index (χ0v) is 5.59. The molecule has 0 atom stereocenters.